The molecule has 10 nitrogen and oxygen atoms in total. The first-order chi connectivity index (χ1) is 16.5. The molecule has 34 heavy (non-hydrogen) atoms. The summed E-state index contributed by atoms with van der Waals surface area (Å²) >= 11 is 5.89. The first-order valence-corrected chi connectivity index (χ1v) is 10.8. The predicted molar refractivity (Wildman–Crippen MR) is 121 cm³/mol. The number of alkyl carbamates (subject to hydrolysis) is 1. The van der Waals surface area contributed by atoms with Gasteiger partial charge in [-0.05, 0) is 24.3 Å². The SMILES string of the molecule is O=C1N[C@@H](C(=O)Nc2cc3c(Nc4ccc(F)c(Cl)c4)ncnc3cc2O[C@H]2CCOC2)CO1. The number of fused-ring (bicyclic) bond motifs is 1. The molecular formula is C22H19ClFN5O5. The average molecular weight is 488 g/mol. The van der Waals surface area contributed by atoms with Crippen LogP contribution in [0.25, 0.3) is 10.9 Å². The number of ether oxygens (including phenoxy) is 3. The van der Waals surface area contributed by atoms with Crippen LogP contribution in [0.4, 0.5) is 26.4 Å². The van der Waals surface area contributed by atoms with Crippen molar-refractivity contribution < 1.29 is 28.2 Å². The summed E-state index contributed by atoms with van der Waals surface area (Å²) in [6.07, 6.45) is 1.25. The lowest BCUT2D eigenvalue weighted by Gasteiger charge is -2.19. The number of carbonyl (C=O) groups is 2. The van der Waals surface area contributed by atoms with Crippen LogP contribution in [0.15, 0.2) is 36.7 Å². The average Bonchev–Trinajstić information content (AvgIpc) is 3.49. The van der Waals surface area contributed by atoms with Crippen LogP contribution in [-0.4, -0.2) is 53.9 Å². The summed E-state index contributed by atoms with van der Waals surface area (Å²) in [6.45, 7) is 0.938. The second kappa shape index (κ2) is 9.27. The number of nitrogens with one attached hydrogen (secondary N) is 3. The van der Waals surface area contributed by atoms with E-state index >= 15 is 0 Å². The number of halogens is 2. The maximum absolute atomic E-state index is 13.5. The van der Waals surface area contributed by atoms with Gasteiger partial charge in [-0.2, -0.15) is 0 Å². The lowest BCUT2D eigenvalue weighted by molar-refractivity contribution is -0.117. The van der Waals surface area contributed by atoms with Gasteiger partial charge in [0.25, 0.3) is 5.91 Å². The van der Waals surface area contributed by atoms with Crippen LogP contribution in [0.1, 0.15) is 6.42 Å². The quantitative estimate of drug-likeness (QED) is 0.483. The topological polar surface area (TPSA) is 124 Å². The molecular weight excluding hydrogens is 469 g/mol. The molecule has 2 saturated heterocycles. The summed E-state index contributed by atoms with van der Waals surface area (Å²) < 4.78 is 29.8. The van der Waals surface area contributed by atoms with Crippen LogP contribution in [0.5, 0.6) is 5.75 Å². The highest BCUT2D eigenvalue weighted by atomic mass is 35.5. The summed E-state index contributed by atoms with van der Waals surface area (Å²) in [5.74, 6) is -0.188. The summed E-state index contributed by atoms with van der Waals surface area (Å²) in [7, 11) is 0. The minimum atomic E-state index is -0.836. The fourth-order valence-electron chi connectivity index (χ4n) is 3.62. The number of hydrogen-bond donors (Lipinski definition) is 3. The van der Waals surface area contributed by atoms with E-state index in [4.69, 9.17) is 25.8 Å². The Morgan fingerprint density at radius 2 is 2.12 bits per heavy atom. The van der Waals surface area contributed by atoms with Gasteiger partial charge in [0, 0.05) is 23.6 Å². The first kappa shape index (κ1) is 22.1. The molecule has 5 rings (SSSR count). The lowest BCUT2D eigenvalue weighted by atomic mass is 10.1. The molecule has 1 aromatic heterocycles. The molecule has 3 N–H and O–H groups in total. The minimum Gasteiger partial charge on any atom is -0.486 e. The van der Waals surface area contributed by atoms with Gasteiger partial charge in [-0.25, -0.2) is 19.2 Å². The molecule has 0 bridgehead atoms. The van der Waals surface area contributed by atoms with Crippen molar-refractivity contribution in [1.29, 1.82) is 0 Å². The third-order valence-corrected chi connectivity index (χ3v) is 5.64. The molecule has 0 spiro atoms. The lowest BCUT2D eigenvalue weighted by Crippen LogP contribution is -2.38. The van der Waals surface area contributed by atoms with Crippen molar-refractivity contribution in [2.24, 2.45) is 0 Å². The van der Waals surface area contributed by atoms with Gasteiger partial charge in [-0.3, -0.25) is 4.79 Å². The Bertz CT molecular complexity index is 1270. The number of benzene rings is 2. The molecule has 2 aliphatic rings. The Balaban J connectivity index is 1.50. The zero-order valence-corrected chi connectivity index (χ0v) is 18.4. The van der Waals surface area contributed by atoms with E-state index in [0.717, 1.165) is 0 Å². The Kier molecular flexibility index (Phi) is 6.03. The van der Waals surface area contributed by atoms with Crippen molar-refractivity contribution in [1.82, 2.24) is 15.3 Å². The number of anilines is 3. The minimum absolute atomic E-state index is 0.0355. The molecule has 3 heterocycles. The zero-order chi connectivity index (χ0) is 23.7. The second-order valence-electron chi connectivity index (χ2n) is 7.73. The maximum atomic E-state index is 13.5. The van der Waals surface area contributed by atoms with Crippen LogP contribution in [-0.2, 0) is 14.3 Å². The van der Waals surface area contributed by atoms with Gasteiger partial charge in [0.05, 0.1) is 29.4 Å². The van der Waals surface area contributed by atoms with Gasteiger partial charge in [0.2, 0.25) is 0 Å². The summed E-state index contributed by atoms with van der Waals surface area (Å²) in [5.41, 5.74) is 1.43. The van der Waals surface area contributed by atoms with E-state index in [1.54, 1.807) is 12.1 Å². The molecule has 0 unspecified atom stereocenters. The van der Waals surface area contributed by atoms with E-state index in [0.29, 0.717) is 53.5 Å². The Morgan fingerprint density at radius 3 is 2.85 bits per heavy atom. The molecule has 0 saturated carbocycles. The number of rotatable bonds is 6. The van der Waals surface area contributed by atoms with Crippen LogP contribution < -0.4 is 20.7 Å². The van der Waals surface area contributed by atoms with E-state index in [9.17, 15) is 14.0 Å². The molecule has 2 atom stereocenters. The van der Waals surface area contributed by atoms with Gasteiger partial charge in [-0.15, -0.1) is 0 Å². The molecule has 0 radical (unpaired) electrons. The van der Waals surface area contributed by atoms with Crippen LogP contribution in [0.3, 0.4) is 0 Å². The zero-order valence-electron chi connectivity index (χ0n) is 17.6. The molecule has 2 fully saturated rings. The van der Waals surface area contributed by atoms with Gasteiger partial charge in [-0.1, -0.05) is 11.6 Å². The van der Waals surface area contributed by atoms with E-state index in [2.05, 4.69) is 25.9 Å². The number of cyclic esters (lactones) is 1. The highest BCUT2D eigenvalue weighted by Crippen LogP contribution is 2.35. The summed E-state index contributed by atoms with van der Waals surface area (Å²) in [6, 6.07) is 6.73. The maximum Gasteiger partial charge on any atom is 0.407 e. The second-order valence-corrected chi connectivity index (χ2v) is 8.14. The van der Waals surface area contributed by atoms with E-state index in [-0.39, 0.29) is 17.7 Å². The Hall–Kier alpha value is -3.70. The number of amides is 2. The third kappa shape index (κ3) is 4.66. The predicted octanol–water partition coefficient (Wildman–Crippen LogP) is 3.38. The van der Waals surface area contributed by atoms with Crippen LogP contribution >= 0.6 is 11.6 Å². The Labute approximate surface area is 197 Å². The molecule has 2 aliphatic heterocycles. The molecule has 12 heteroatoms. The van der Waals surface area contributed by atoms with Gasteiger partial charge in [0.15, 0.2) is 0 Å². The smallest absolute Gasteiger partial charge is 0.407 e. The Morgan fingerprint density at radius 1 is 1.24 bits per heavy atom. The van der Waals surface area contributed by atoms with Gasteiger partial charge in [0.1, 0.15) is 42.5 Å². The monoisotopic (exact) mass is 487 g/mol. The van der Waals surface area contributed by atoms with Crippen molar-refractivity contribution in [3.05, 3.63) is 47.5 Å². The van der Waals surface area contributed by atoms with Gasteiger partial charge >= 0.3 is 6.09 Å². The third-order valence-electron chi connectivity index (χ3n) is 5.35. The molecule has 176 valence electrons. The van der Waals surface area contributed by atoms with Crippen molar-refractivity contribution in [3.8, 4) is 5.75 Å². The summed E-state index contributed by atoms with van der Waals surface area (Å²) in [5, 5.41) is 8.87. The van der Waals surface area contributed by atoms with E-state index < -0.39 is 23.9 Å². The van der Waals surface area contributed by atoms with Crippen LogP contribution in [0.2, 0.25) is 5.02 Å². The normalized spacial score (nSPS) is 19.5. The fourth-order valence-corrected chi connectivity index (χ4v) is 3.80. The number of carbonyl (C=O) groups excluding carboxylic acids is 2. The van der Waals surface area contributed by atoms with Crippen molar-refractivity contribution in [3.63, 3.8) is 0 Å². The molecule has 2 aromatic carbocycles. The number of nitrogens with zero attached hydrogens (tertiary/aromatic N) is 2. The van der Waals surface area contributed by atoms with E-state index in [1.165, 1.54) is 24.5 Å². The first-order valence-electron chi connectivity index (χ1n) is 10.5. The van der Waals surface area contributed by atoms with Crippen molar-refractivity contribution in [2.75, 3.05) is 30.5 Å². The van der Waals surface area contributed by atoms with Crippen molar-refractivity contribution in [2.45, 2.75) is 18.6 Å². The van der Waals surface area contributed by atoms with Crippen molar-refractivity contribution >= 4 is 51.7 Å². The van der Waals surface area contributed by atoms with Crippen LogP contribution in [0, 0.1) is 5.82 Å². The van der Waals surface area contributed by atoms with E-state index in [1.807, 2.05) is 0 Å². The number of hydrogen-bond acceptors (Lipinski definition) is 8. The fraction of sp³-hybridized carbons (Fsp3) is 0.273. The summed E-state index contributed by atoms with van der Waals surface area (Å²) in [4.78, 5) is 32.7. The molecule has 0 aliphatic carbocycles. The van der Waals surface area contributed by atoms with Gasteiger partial charge < -0.3 is 30.2 Å². The standard InChI is InChI=1S/C22H19ClFN5O5/c23-14-5-11(1-2-15(14)24)27-20-13-6-17(28-21(30)18-9-33-22(31)29-18)19(7-16(13)25-10-26-20)34-12-3-4-32-8-12/h1-2,5-7,10,12,18H,3-4,8-9H2,(H,28,30)(H,29,31)(H,25,26,27)/t12-,18+/m0/s1. The highest BCUT2D eigenvalue weighted by molar-refractivity contribution is 6.31. The number of aromatic nitrogens is 2. The molecule has 2 amide bonds. The highest BCUT2D eigenvalue weighted by Gasteiger charge is 2.30. The molecule has 3 aromatic rings. The largest absolute Gasteiger partial charge is 0.486 e.